The summed E-state index contributed by atoms with van der Waals surface area (Å²) < 4.78 is 24.3. The molecule has 1 saturated carbocycles. The molecular weight excluding hydrogens is 451 g/mol. The number of amides is 2. The van der Waals surface area contributed by atoms with Gasteiger partial charge in [-0.3, -0.25) is 14.5 Å². The second-order valence-electron chi connectivity index (χ2n) is 9.29. The van der Waals surface area contributed by atoms with Gasteiger partial charge in [-0.2, -0.15) is 0 Å². The van der Waals surface area contributed by atoms with Crippen molar-refractivity contribution in [3.05, 3.63) is 53.8 Å². The molecule has 8 nitrogen and oxygen atoms in total. The van der Waals surface area contributed by atoms with Crippen LogP contribution in [-0.4, -0.2) is 62.3 Å². The molecule has 1 atom stereocenters. The summed E-state index contributed by atoms with van der Waals surface area (Å²) >= 11 is 0. The fourth-order valence-corrected chi connectivity index (χ4v) is 5.11. The number of halogens is 1. The average molecular weight is 483 g/mol. The summed E-state index contributed by atoms with van der Waals surface area (Å²) in [5.41, 5.74) is 1.98. The first-order valence-corrected chi connectivity index (χ1v) is 12.3. The smallest absolute Gasteiger partial charge is 0.309 e. The first-order chi connectivity index (χ1) is 17.1. The number of hydrogen-bond donors (Lipinski definition) is 2. The lowest BCUT2D eigenvalue weighted by Crippen LogP contribution is -2.51. The van der Waals surface area contributed by atoms with Crippen molar-refractivity contribution in [2.24, 2.45) is 0 Å². The van der Waals surface area contributed by atoms with Crippen molar-refractivity contribution in [2.75, 3.05) is 44.4 Å². The van der Waals surface area contributed by atoms with E-state index in [4.69, 9.17) is 9.47 Å². The van der Waals surface area contributed by atoms with Crippen LogP contribution in [0, 0.1) is 5.82 Å². The van der Waals surface area contributed by atoms with Crippen LogP contribution >= 0.6 is 0 Å². The van der Waals surface area contributed by atoms with E-state index in [2.05, 4.69) is 20.4 Å². The van der Waals surface area contributed by atoms with E-state index >= 15 is 0 Å². The van der Waals surface area contributed by atoms with Gasteiger partial charge in [-0.15, -0.1) is 0 Å². The van der Waals surface area contributed by atoms with E-state index in [1.165, 1.54) is 12.1 Å². The third kappa shape index (κ3) is 5.51. The summed E-state index contributed by atoms with van der Waals surface area (Å²) in [5.74, 6) is -0.0330. The van der Waals surface area contributed by atoms with Crippen molar-refractivity contribution in [1.82, 2.24) is 15.5 Å². The molecule has 9 heteroatoms. The van der Waals surface area contributed by atoms with E-state index in [-0.39, 0.29) is 24.7 Å². The Morgan fingerprint density at radius 1 is 0.943 bits per heavy atom. The molecule has 3 aliphatic rings. The lowest BCUT2D eigenvalue weighted by Gasteiger charge is -2.40. The Morgan fingerprint density at radius 2 is 1.66 bits per heavy atom. The van der Waals surface area contributed by atoms with Crippen LogP contribution in [0.3, 0.4) is 0 Å². The minimum Gasteiger partial charge on any atom is -0.454 e. The molecule has 1 saturated heterocycles. The molecule has 2 aromatic carbocycles. The number of anilines is 1. The summed E-state index contributed by atoms with van der Waals surface area (Å²) in [7, 11) is 0. The van der Waals surface area contributed by atoms with E-state index in [1.54, 1.807) is 12.1 Å². The number of rotatable bonds is 6. The average Bonchev–Trinajstić information content (AvgIpc) is 3.57. The summed E-state index contributed by atoms with van der Waals surface area (Å²) in [5, 5.41) is 5.70. The number of fused-ring (bicyclic) bond motifs is 1. The predicted molar refractivity (Wildman–Crippen MR) is 129 cm³/mol. The highest BCUT2D eigenvalue weighted by Gasteiger charge is 2.29. The highest BCUT2D eigenvalue weighted by Crippen LogP contribution is 2.35. The lowest BCUT2D eigenvalue weighted by atomic mass is 10.0. The summed E-state index contributed by atoms with van der Waals surface area (Å²) in [6, 6.07) is 12.3. The molecule has 2 fully saturated rings. The van der Waals surface area contributed by atoms with E-state index < -0.39 is 11.8 Å². The Morgan fingerprint density at radius 3 is 2.40 bits per heavy atom. The molecule has 0 aromatic heterocycles. The SMILES string of the molecule is O=C(NC[C@@H](c1ccc2c(c1)OCO2)N1CCN(c2ccc(F)cc2)CC1)C(=O)NC1CCCC1. The van der Waals surface area contributed by atoms with Crippen LogP contribution in [0.25, 0.3) is 0 Å². The van der Waals surface area contributed by atoms with Gasteiger partial charge in [-0.25, -0.2) is 4.39 Å². The molecule has 1 aliphatic carbocycles. The van der Waals surface area contributed by atoms with Crippen LogP contribution in [0.4, 0.5) is 10.1 Å². The second kappa shape index (κ2) is 10.5. The van der Waals surface area contributed by atoms with Gasteiger partial charge in [0.15, 0.2) is 11.5 Å². The van der Waals surface area contributed by atoms with Gasteiger partial charge in [-0.05, 0) is 54.8 Å². The minimum absolute atomic E-state index is 0.0949. The Bertz CT molecular complexity index is 1050. The predicted octanol–water partition coefficient (Wildman–Crippen LogP) is 2.59. The largest absolute Gasteiger partial charge is 0.454 e. The quantitative estimate of drug-likeness (QED) is 0.616. The van der Waals surface area contributed by atoms with Crippen molar-refractivity contribution in [2.45, 2.75) is 37.8 Å². The van der Waals surface area contributed by atoms with Gasteiger partial charge in [0, 0.05) is 44.5 Å². The highest BCUT2D eigenvalue weighted by atomic mass is 19.1. The number of nitrogens with one attached hydrogen (secondary N) is 2. The van der Waals surface area contributed by atoms with E-state index in [1.807, 2.05) is 18.2 Å². The first-order valence-electron chi connectivity index (χ1n) is 12.3. The van der Waals surface area contributed by atoms with Crippen LogP contribution in [-0.2, 0) is 9.59 Å². The maximum Gasteiger partial charge on any atom is 0.309 e. The third-order valence-electron chi connectivity index (χ3n) is 7.08. The standard InChI is InChI=1S/C26H31FN4O4/c27-19-6-8-21(9-7-19)30-11-13-31(14-12-30)22(18-5-10-23-24(15-18)35-17-34-23)16-28-25(32)26(33)29-20-3-1-2-4-20/h5-10,15,20,22H,1-4,11-14,16-17H2,(H,28,32)(H,29,33)/t22-/m0/s1. The molecule has 2 N–H and O–H groups in total. The maximum atomic E-state index is 13.3. The van der Waals surface area contributed by atoms with Crippen molar-refractivity contribution in [1.29, 1.82) is 0 Å². The van der Waals surface area contributed by atoms with Gasteiger partial charge in [0.2, 0.25) is 6.79 Å². The van der Waals surface area contributed by atoms with Gasteiger partial charge < -0.3 is 25.0 Å². The van der Waals surface area contributed by atoms with Crippen molar-refractivity contribution in [3.8, 4) is 11.5 Å². The number of ether oxygens (including phenoxy) is 2. The second-order valence-corrected chi connectivity index (χ2v) is 9.29. The van der Waals surface area contributed by atoms with Gasteiger partial charge >= 0.3 is 11.8 Å². The van der Waals surface area contributed by atoms with Crippen LogP contribution < -0.4 is 25.0 Å². The zero-order valence-corrected chi connectivity index (χ0v) is 19.7. The summed E-state index contributed by atoms with van der Waals surface area (Å²) in [6.07, 6.45) is 4.03. The Balaban J connectivity index is 1.26. The molecule has 0 bridgehead atoms. The van der Waals surface area contributed by atoms with Gasteiger partial charge in [-0.1, -0.05) is 18.9 Å². The zero-order valence-electron chi connectivity index (χ0n) is 19.7. The van der Waals surface area contributed by atoms with Crippen molar-refractivity contribution >= 4 is 17.5 Å². The number of benzene rings is 2. The lowest BCUT2D eigenvalue weighted by molar-refractivity contribution is -0.139. The fourth-order valence-electron chi connectivity index (χ4n) is 5.11. The molecule has 0 unspecified atom stereocenters. The minimum atomic E-state index is -0.604. The van der Waals surface area contributed by atoms with E-state index in [0.29, 0.717) is 18.0 Å². The Kier molecular flexibility index (Phi) is 7.03. The first kappa shape index (κ1) is 23.4. The molecule has 0 radical (unpaired) electrons. The molecule has 2 heterocycles. The molecule has 2 aliphatic heterocycles. The molecule has 5 rings (SSSR count). The van der Waals surface area contributed by atoms with Gasteiger partial charge in [0.1, 0.15) is 5.82 Å². The van der Waals surface area contributed by atoms with Crippen LogP contribution in [0.15, 0.2) is 42.5 Å². The van der Waals surface area contributed by atoms with Crippen LogP contribution in [0.2, 0.25) is 0 Å². The molecule has 2 amide bonds. The fraction of sp³-hybridized carbons (Fsp3) is 0.462. The highest BCUT2D eigenvalue weighted by molar-refractivity contribution is 6.35. The number of carbonyl (C=O) groups excluding carboxylic acids is 2. The molecular formula is C26H31FN4O4. The van der Waals surface area contributed by atoms with Gasteiger partial charge in [0.05, 0.1) is 6.04 Å². The van der Waals surface area contributed by atoms with E-state index in [0.717, 1.165) is 63.1 Å². The van der Waals surface area contributed by atoms with Gasteiger partial charge in [0.25, 0.3) is 0 Å². The topological polar surface area (TPSA) is 83.1 Å². The maximum absolute atomic E-state index is 13.3. The molecule has 0 spiro atoms. The monoisotopic (exact) mass is 482 g/mol. The number of nitrogens with zero attached hydrogens (tertiary/aromatic N) is 2. The number of hydrogen-bond acceptors (Lipinski definition) is 6. The molecule has 186 valence electrons. The zero-order chi connectivity index (χ0) is 24.2. The summed E-state index contributed by atoms with van der Waals surface area (Å²) in [6.45, 7) is 3.53. The van der Waals surface area contributed by atoms with Crippen LogP contribution in [0.5, 0.6) is 11.5 Å². The number of carbonyl (C=O) groups is 2. The Labute approximate surface area is 204 Å². The summed E-state index contributed by atoms with van der Waals surface area (Å²) in [4.78, 5) is 29.5. The normalized spacial score (nSPS) is 18.9. The molecule has 35 heavy (non-hydrogen) atoms. The third-order valence-corrected chi connectivity index (χ3v) is 7.08. The van der Waals surface area contributed by atoms with Crippen molar-refractivity contribution in [3.63, 3.8) is 0 Å². The Hall–Kier alpha value is -3.33. The molecule has 2 aromatic rings. The van der Waals surface area contributed by atoms with E-state index in [9.17, 15) is 14.0 Å². The van der Waals surface area contributed by atoms with Crippen molar-refractivity contribution < 1.29 is 23.5 Å². The van der Waals surface area contributed by atoms with Crippen LogP contribution in [0.1, 0.15) is 37.3 Å². The number of piperazine rings is 1.